The van der Waals surface area contributed by atoms with Crippen LogP contribution in [0.4, 0.5) is 0 Å². The third kappa shape index (κ3) is 3.30. The van der Waals surface area contributed by atoms with E-state index < -0.39 is 0 Å². The Labute approximate surface area is 150 Å². The molecule has 0 saturated heterocycles. The Morgan fingerprint density at radius 1 is 1.04 bits per heavy atom. The molecule has 0 aliphatic rings. The molecule has 0 atom stereocenters. The van der Waals surface area contributed by atoms with Gasteiger partial charge in [0.1, 0.15) is 5.69 Å². The molecule has 0 saturated carbocycles. The maximum atomic E-state index is 6.27. The Balaban J connectivity index is 0.000000880. The number of benzene rings is 2. The van der Waals surface area contributed by atoms with Gasteiger partial charge in [-0.3, -0.25) is 4.98 Å². The van der Waals surface area contributed by atoms with Crippen molar-refractivity contribution in [3.63, 3.8) is 0 Å². The first kappa shape index (κ1) is 16.9. The van der Waals surface area contributed by atoms with E-state index >= 15 is 0 Å². The first-order valence-corrected chi connectivity index (χ1v) is 8.04. The number of hydrogen-bond donors (Lipinski definition) is 0. The van der Waals surface area contributed by atoms with E-state index in [1.807, 2.05) is 55.5 Å². The summed E-state index contributed by atoms with van der Waals surface area (Å²) in [4.78, 5) is 8.87. The number of halogens is 1. The molecule has 2 heterocycles. The Morgan fingerprint density at radius 2 is 1.84 bits per heavy atom. The second-order valence-corrected chi connectivity index (χ2v) is 5.69. The largest absolute Gasteiger partial charge is 0.334 e. The molecule has 5 heteroatoms. The highest BCUT2D eigenvalue weighted by Crippen LogP contribution is 2.30. The Kier molecular flexibility index (Phi) is 4.91. The number of pyridine rings is 1. The third-order valence-corrected chi connectivity index (χ3v) is 3.98. The zero-order chi connectivity index (χ0) is 17.8. The molecule has 0 aliphatic heterocycles. The number of aryl methyl sites for hydroxylation is 1. The highest BCUT2D eigenvalue weighted by Gasteiger charge is 2.16. The van der Waals surface area contributed by atoms with E-state index in [2.05, 4.69) is 28.3 Å². The quantitative estimate of drug-likeness (QED) is 0.434. The lowest BCUT2D eigenvalue weighted by Gasteiger charge is -2.01. The number of rotatable bonds is 2. The fourth-order valence-corrected chi connectivity index (χ4v) is 2.84. The molecule has 4 nitrogen and oxygen atoms in total. The van der Waals surface area contributed by atoms with Gasteiger partial charge in [-0.15, -0.1) is 13.2 Å². The molecule has 0 N–H and O–H groups in total. The molecule has 0 aliphatic carbocycles. The van der Waals surface area contributed by atoms with Crippen LogP contribution in [-0.4, -0.2) is 15.1 Å². The van der Waals surface area contributed by atoms with Crippen LogP contribution in [0.1, 0.15) is 5.56 Å². The maximum absolute atomic E-state index is 6.27. The molecule has 0 bridgehead atoms. The third-order valence-electron chi connectivity index (χ3n) is 3.67. The summed E-state index contributed by atoms with van der Waals surface area (Å²) in [5, 5.41) is 6.72. The average Bonchev–Trinajstić information content (AvgIpc) is 3.12. The van der Waals surface area contributed by atoms with Gasteiger partial charge in [-0.25, -0.2) is 0 Å². The Morgan fingerprint density at radius 3 is 2.64 bits per heavy atom. The van der Waals surface area contributed by atoms with Crippen LogP contribution in [0.25, 0.3) is 33.7 Å². The molecule has 0 radical (unpaired) electrons. The van der Waals surface area contributed by atoms with E-state index in [4.69, 9.17) is 16.1 Å². The van der Waals surface area contributed by atoms with Crippen LogP contribution in [-0.2, 0) is 0 Å². The summed E-state index contributed by atoms with van der Waals surface area (Å²) in [7, 11) is 0. The number of fused-ring (bicyclic) bond motifs is 1. The molecular formula is C20H16ClN3O. The van der Waals surface area contributed by atoms with Crippen molar-refractivity contribution in [2.45, 2.75) is 6.92 Å². The molecule has 4 aromatic rings. The van der Waals surface area contributed by atoms with E-state index in [-0.39, 0.29) is 0 Å². The van der Waals surface area contributed by atoms with Crippen LogP contribution in [0.2, 0.25) is 5.02 Å². The molecule has 4 rings (SSSR count). The molecule has 0 amide bonds. The van der Waals surface area contributed by atoms with Gasteiger partial charge in [0, 0.05) is 11.6 Å². The van der Waals surface area contributed by atoms with Crippen molar-refractivity contribution >= 4 is 22.4 Å². The van der Waals surface area contributed by atoms with Gasteiger partial charge in [0.25, 0.3) is 5.89 Å². The lowest BCUT2D eigenvalue weighted by molar-refractivity contribution is 0.432. The molecule has 2 aromatic heterocycles. The lowest BCUT2D eigenvalue weighted by Crippen LogP contribution is -1.88. The lowest BCUT2D eigenvalue weighted by atomic mass is 10.1. The van der Waals surface area contributed by atoms with Crippen molar-refractivity contribution in [1.82, 2.24) is 15.1 Å². The Hall–Kier alpha value is -2.98. The molecule has 124 valence electrons. The van der Waals surface area contributed by atoms with Crippen molar-refractivity contribution in [2.24, 2.45) is 0 Å². The van der Waals surface area contributed by atoms with E-state index in [1.165, 1.54) is 0 Å². The molecule has 0 fully saturated rings. The molecule has 2 aromatic carbocycles. The summed E-state index contributed by atoms with van der Waals surface area (Å²) < 4.78 is 5.39. The van der Waals surface area contributed by atoms with Crippen molar-refractivity contribution in [2.75, 3.05) is 0 Å². The number of nitrogens with zero attached hydrogens (tertiary/aromatic N) is 3. The zero-order valence-corrected chi connectivity index (χ0v) is 14.5. The summed E-state index contributed by atoms with van der Waals surface area (Å²) in [6.45, 7) is 7.98. The van der Waals surface area contributed by atoms with E-state index in [9.17, 15) is 0 Å². The highest BCUT2D eigenvalue weighted by atomic mass is 35.5. The number of aromatic nitrogens is 3. The maximum Gasteiger partial charge on any atom is 0.259 e. The predicted octanol–water partition coefficient (Wildman–Crippen LogP) is 5.72. The van der Waals surface area contributed by atoms with Crippen molar-refractivity contribution in [3.8, 4) is 23.0 Å². The first-order chi connectivity index (χ1) is 12.2. The van der Waals surface area contributed by atoms with Crippen LogP contribution < -0.4 is 0 Å². The Bertz CT molecular complexity index is 1020. The van der Waals surface area contributed by atoms with Crippen molar-refractivity contribution in [3.05, 3.63) is 78.5 Å². The van der Waals surface area contributed by atoms with Crippen molar-refractivity contribution < 1.29 is 4.52 Å². The monoisotopic (exact) mass is 349 g/mol. The minimum Gasteiger partial charge on any atom is -0.334 e. The van der Waals surface area contributed by atoms with Crippen LogP contribution in [0.5, 0.6) is 0 Å². The minimum absolute atomic E-state index is 0.389. The summed E-state index contributed by atoms with van der Waals surface area (Å²) in [5.41, 5.74) is 2.49. The van der Waals surface area contributed by atoms with Gasteiger partial charge < -0.3 is 4.52 Å². The SMILES string of the molecule is C=C.Cc1ccc(-c2nc(-c3nccc4ccccc34)no2)c(Cl)c1. The molecular weight excluding hydrogens is 334 g/mol. The zero-order valence-electron chi connectivity index (χ0n) is 13.7. The minimum atomic E-state index is 0.389. The standard InChI is InChI=1S/C18H12ClN3O.C2H4/c1-11-6-7-14(15(19)10-11)18-21-17(22-23-18)16-13-5-3-2-4-12(13)8-9-20-16;1-2/h2-10H,1H3;1-2H2. The summed E-state index contributed by atoms with van der Waals surface area (Å²) in [6.07, 6.45) is 1.74. The summed E-state index contributed by atoms with van der Waals surface area (Å²) in [6, 6.07) is 15.6. The van der Waals surface area contributed by atoms with Gasteiger partial charge in [-0.1, -0.05) is 47.1 Å². The molecule has 25 heavy (non-hydrogen) atoms. The van der Waals surface area contributed by atoms with Crippen LogP contribution >= 0.6 is 11.6 Å². The van der Waals surface area contributed by atoms with Gasteiger partial charge in [-0.05, 0) is 36.1 Å². The summed E-state index contributed by atoms with van der Waals surface area (Å²) >= 11 is 6.27. The van der Waals surface area contributed by atoms with Crippen LogP contribution in [0.15, 0.2) is 72.4 Å². The summed E-state index contributed by atoms with van der Waals surface area (Å²) in [5.74, 6) is 0.841. The second-order valence-electron chi connectivity index (χ2n) is 5.29. The van der Waals surface area contributed by atoms with Crippen LogP contribution in [0.3, 0.4) is 0 Å². The predicted molar refractivity (Wildman–Crippen MR) is 101 cm³/mol. The smallest absolute Gasteiger partial charge is 0.259 e. The van der Waals surface area contributed by atoms with Gasteiger partial charge in [0.05, 0.1) is 10.6 Å². The van der Waals surface area contributed by atoms with Crippen molar-refractivity contribution in [1.29, 1.82) is 0 Å². The fraction of sp³-hybridized carbons (Fsp3) is 0.0500. The second kappa shape index (κ2) is 7.28. The van der Waals surface area contributed by atoms with E-state index in [0.717, 1.165) is 21.9 Å². The highest BCUT2D eigenvalue weighted by molar-refractivity contribution is 6.33. The van der Waals surface area contributed by atoms with E-state index in [0.29, 0.717) is 22.4 Å². The first-order valence-electron chi connectivity index (χ1n) is 7.67. The van der Waals surface area contributed by atoms with Gasteiger partial charge in [-0.2, -0.15) is 4.98 Å². The van der Waals surface area contributed by atoms with Crippen LogP contribution in [0, 0.1) is 6.92 Å². The van der Waals surface area contributed by atoms with Gasteiger partial charge >= 0.3 is 0 Å². The fourth-order valence-electron chi connectivity index (χ4n) is 2.52. The molecule has 0 spiro atoms. The van der Waals surface area contributed by atoms with E-state index in [1.54, 1.807) is 6.20 Å². The van der Waals surface area contributed by atoms with Gasteiger partial charge in [0.2, 0.25) is 5.82 Å². The normalized spacial score (nSPS) is 10.3. The van der Waals surface area contributed by atoms with Gasteiger partial charge in [0.15, 0.2) is 0 Å². The average molecular weight is 350 g/mol. The topological polar surface area (TPSA) is 51.8 Å². The number of hydrogen-bond acceptors (Lipinski definition) is 4. The molecule has 0 unspecified atom stereocenters.